The number of carbonyl (C=O) groups is 1. The van der Waals surface area contributed by atoms with E-state index in [-0.39, 0.29) is 5.71 Å². The van der Waals surface area contributed by atoms with Crippen LogP contribution >= 0.6 is 0 Å². The second-order valence-electron chi connectivity index (χ2n) is 2.48. The molecule has 0 saturated carbocycles. The summed E-state index contributed by atoms with van der Waals surface area (Å²) in [4.78, 5) is 15.9. The molecule has 13 heavy (non-hydrogen) atoms. The van der Waals surface area contributed by atoms with Gasteiger partial charge >= 0.3 is 0 Å². The van der Waals surface area contributed by atoms with Gasteiger partial charge < -0.3 is 5.32 Å². The van der Waals surface area contributed by atoms with E-state index in [1.54, 1.807) is 14.0 Å². The molecule has 0 aromatic carbocycles. The standard InChI is InChI=1S/C8H15N3O2/c1-6(10-2)5-7(9)8(12)11(3)13-4/h5,9-10H,1-4H3/b6-5-,9-7?. The molecule has 0 rings (SSSR count). The summed E-state index contributed by atoms with van der Waals surface area (Å²) in [6, 6.07) is 0. The Balaban J connectivity index is 4.36. The summed E-state index contributed by atoms with van der Waals surface area (Å²) in [5.74, 6) is -0.475. The number of hydroxylamine groups is 2. The van der Waals surface area contributed by atoms with E-state index in [0.717, 1.165) is 10.8 Å². The van der Waals surface area contributed by atoms with Crippen LogP contribution in [0.15, 0.2) is 11.8 Å². The van der Waals surface area contributed by atoms with Crippen LogP contribution in [0.3, 0.4) is 0 Å². The van der Waals surface area contributed by atoms with Crippen molar-refractivity contribution in [2.45, 2.75) is 6.92 Å². The number of rotatable bonds is 4. The van der Waals surface area contributed by atoms with E-state index in [1.165, 1.54) is 20.2 Å². The third-order valence-corrected chi connectivity index (χ3v) is 1.55. The first-order valence-electron chi connectivity index (χ1n) is 3.79. The summed E-state index contributed by atoms with van der Waals surface area (Å²) >= 11 is 0. The smallest absolute Gasteiger partial charge is 0.295 e. The Bertz CT molecular complexity index is 236. The molecule has 2 N–H and O–H groups in total. The van der Waals surface area contributed by atoms with Crippen molar-refractivity contribution in [3.63, 3.8) is 0 Å². The molecule has 0 spiro atoms. The van der Waals surface area contributed by atoms with Gasteiger partial charge in [-0.05, 0) is 13.0 Å². The minimum atomic E-state index is -0.475. The number of nitrogens with zero attached hydrogens (tertiary/aromatic N) is 1. The lowest BCUT2D eigenvalue weighted by molar-refractivity contribution is -0.160. The van der Waals surface area contributed by atoms with Crippen molar-refractivity contribution in [1.82, 2.24) is 10.4 Å². The third-order valence-electron chi connectivity index (χ3n) is 1.55. The minimum absolute atomic E-state index is 0.115. The Morgan fingerprint density at radius 1 is 1.62 bits per heavy atom. The number of hydrogen-bond acceptors (Lipinski definition) is 4. The van der Waals surface area contributed by atoms with Crippen molar-refractivity contribution in [3.05, 3.63) is 11.8 Å². The highest BCUT2D eigenvalue weighted by atomic mass is 16.7. The monoisotopic (exact) mass is 185 g/mol. The van der Waals surface area contributed by atoms with Gasteiger partial charge in [-0.3, -0.25) is 15.0 Å². The molecular formula is C8H15N3O2. The first-order valence-corrected chi connectivity index (χ1v) is 3.79. The maximum atomic E-state index is 11.2. The molecule has 5 heteroatoms. The molecule has 1 amide bonds. The highest BCUT2D eigenvalue weighted by Gasteiger charge is 2.11. The zero-order valence-electron chi connectivity index (χ0n) is 8.34. The number of allylic oxidation sites excluding steroid dienone is 1. The summed E-state index contributed by atoms with van der Waals surface area (Å²) in [6.45, 7) is 1.77. The quantitative estimate of drug-likeness (QED) is 0.484. The second kappa shape index (κ2) is 5.31. The fourth-order valence-corrected chi connectivity index (χ4v) is 0.603. The number of hydrogen-bond donors (Lipinski definition) is 2. The van der Waals surface area contributed by atoms with E-state index in [1.807, 2.05) is 0 Å². The van der Waals surface area contributed by atoms with Crippen molar-refractivity contribution in [2.75, 3.05) is 21.2 Å². The van der Waals surface area contributed by atoms with Crippen LogP contribution in [0.4, 0.5) is 0 Å². The van der Waals surface area contributed by atoms with Gasteiger partial charge in [0.2, 0.25) is 0 Å². The normalized spacial score (nSPS) is 10.9. The van der Waals surface area contributed by atoms with Crippen LogP contribution in [-0.4, -0.2) is 37.9 Å². The third kappa shape index (κ3) is 3.71. The first kappa shape index (κ1) is 11.6. The molecule has 0 aromatic rings. The van der Waals surface area contributed by atoms with Crippen LogP contribution in [0, 0.1) is 5.41 Å². The summed E-state index contributed by atoms with van der Waals surface area (Å²) in [7, 11) is 4.56. The number of nitrogens with one attached hydrogen (secondary N) is 2. The molecule has 0 unspecified atom stereocenters. The Morgan fingerprint density at radius 3 is 2.54 bits per heavy atom. The fourth-order valence-electron chi connectivity index (χ4n) is 0.603. The van der Waals surface area contributed by atoms with Gasteiger partial charge in [0, 0.05) is 19.8 Å². The molecule has 0 heterocycles. The summed E-state index contributed by atoms with van der Waals surface area (Å²) in [5, 5.41) is 11.2. The number of carbonyl (C=O) groups excluding carboxylic acids is 1. The minimum Gasteiger partial charge on any atom is -0.392 e. The summed E-state index contributed by atoms with van der Waals surface area (Å²) in [5.41, 5.74) is 0.638. The van der Waals surface area contributed by atoms with Crippen LogP contribution in [0.1, 0.15) is 6.92 Å². The molecule has 0 atom stereocenters. The van der Waals surface area contributed by atoms with Gasteiger partial charge in [-0.25, -0.2) is 5.06 Å². The van der Waals surface area contributed by atoms with Crippen LogP contribution in [0.5, 0.6) is 0 Å². The molecule has 0 aliphatic heterocycles. The molecule has 0 bridgehead atoms. The molecule has 0 fully saturated rings. The average molecular weight is 185 g/mol. The zero-order chi connectivity index (χ0) is 10.4. The van der Waals surface area contributed by atoms with E-state index < -0.39 is 5.91 Å². The van der Waals surface area contributed by atoms with Crippen LogP contribution in [-0.2, 0) is 9.63 Å². The highest BCUT2D eigenvalue weighted by Crippen LogP contribution is 1.92. The highest BCUT2D eigenvalue weighted by molar-refractivity contribution is 6.41. The van der Waals surface area contributed by atoms with E-state index in [0.29, 0.717) is 0 Å². The molecule has 0 aromatic heterocycles. The molecular weight excluding hydrogens is 170 g/mol. The summed E-state index contributed by atoms with van der Waals surface area (Å²) in [6.07, 6.45) is 1.44. The predicted octanol–water partition coefficient (Wildman–Crippen LogP) is 0.149. The van der Waals surface area contributed by atoms with E-state index in [2.05, 4.69) is 10.2 Å². The second-order valence-corrected chi connectivity index (χ2v) is 2.48. The van der Waals surface area contributed by atoms with Crippen LogP contribution in [0.25, 0.3) is 0 Å². The summed E-state index contributed by atoms with van der Waals surface area (Å²) < 4.78 is 0. The Kier molecular flexibility index (Phi) is 4.76. The average Bonchev–Trinajstić information content (AvgIpc) is 2.14. The van der Waals surface area contributed by atoms with Crippen molar-refractivity contribution in [2.24, 2.45) is 0 Å². The van der Waals surface area contributed by atoms with Gasteiger partial charge in [-0.2, -0.15) is 0 Å². The van der Waals surface area contributed by atoms with Gasteiger partial charge in [0.1, 0.15) is 5.71 Å². The van der Waals surface area contributed by atoms with Crippen molar-refractivity contribution < 1.29 is 9.63 Å². The largest absolute Gasteiger partial charge is 0.392 e. The predicted molar refractivity (Wildman–Crippen MR) is 50.3 cm³/mol. The van der Waals surface area contributed by atoms with Crippen LogP contribution in [0.2, 0.25) is 0 Å². The molecule has 0 aliphatic rings. The lowest BCUT2D eigenvalue weighted by Crippen LogP contribution is -2.31. The number of amides is 1. The fraction of sp³-hybridized carbons (Fsp3) is 0.500. The van der Waals surface area contributed by atoms with E-state index in [9.17, 15) is 4.79 Å². The molecule has 0 radical (unpaired) electrons. The Morgan fingerprint density at radius 2 is 2.15 bits per heavy atom. The first-order chi connectivity index (χ1) is 6.02. The molecule has 0 aliphatic carbocycles. The molecule has 5 nitrogen and oxygen atoms in total. The van der Waals surface area contributed by atoms with Gasteiger partial charge in [-0.1, -0.05) is 0 Å². The van der Waals surface area contributed by atoms with Crippen molar-refractivity contribution in [3.8, 4) is 0 Å². The Hall–Kier alpha value is -1.36. The Labute approximate surface area is 77.8 Å². The van der Waals surface area contributed by atoms with E-state index in [4.69, 9.17) is 5.41 Å². The molecule has 74 valence electrons. The maximum Gasteiger partial charge on any atom is 0.295 e. The van der Waals surface area contributed by atoms with Gasteiger partial charge in [0.15, 0.2) is 0 Å². The van der Waals surface area contributed by atoms with Crippen molar-refractivity contribution >= 4 is 11.6 Å². The lowest BCUT2D eigenvalue weighted by atomic mass is 10.3. The SMILES string of the molecule is CN/C(C)=C\C(=N)C(=O)N(C)OC. The van der Waals surface area contributed by atoms with Gasteiger partial charge in [0.05, 0.1) is 7.11 Å². The lowest BCUT2D eigenvalue weighted by Gasteiger charge is -2.12. The zero-order valence-corrected chi connectivity index (χ0v) is 8.34. The van der Waals surface area contributed by atoms with Crippen molar-refractivity contribution in [1.29, 1.82) is 5.41 Å². The van der Waals surface area contributed by atoms with Crippen LogP contribution < -0.4 is 5.32 Å². The van der Waals surface area contributed by atoms with Gasteiger partial charge in [0.25, 0.3) is 5.91 Å². The maximum absolute atomic E-state index is 11.2. The van der Waals surface area contributed by atoms with Gasteiger partial charge in [-0.15, -0.1) is 0 Å². The topological polar surface area (TPSA) is 65.4 Å². The molecule has 0 saturated heterocycles. The van der Waals surface area contributed by atoms with E-state index >= 15 is 0 Å².